The Morgan fingerprint density at radius 2 is 2.19 bits per heavy atom. The van der Waals surface area contributed by atoms with E-state index in [-0.39, 0.29) is 6.04 Å². The molecule has 3 nitrogen and oxygen atoms in total. The lowest BCUT2D eigenvalue weighted by Crippen LogP contribution is -2.03. The van der Waals surface area contributed by atoms with Crippen molar-refractivity contribution in [1.29, 1.82) is 0 Å². The molecule has 82 valence electrons. The smallest absolute Gasteiger partial charge is 0.0835 e. The highest BCUT2D eigenvalue weighted by atomic mass is 35.5. The van der Waals surface area contributed by atoms with Gasteiger partial charge >= 0.3 is 0 Å². The molecule has 1 aromatic carbocycles. The Labute approximate surface area is 98.8 Å². The van der Waals surface area contributed by atoms with Gasteiger partial charge in [-0.25, -0.2) is 4.68 Å². The van der Waals surface area contributed by atoms with E-state index in [1.807, 2.05) is 35.1 Å². The van der Waals surface area contributed by atoms with Crippen molar-refractivity contribution in [2.45, 2.75) is 18.9 Å². The van der Waals surface area contributed by atoms with Crippen molar-refractivity contribution in [2.24, 2.45) is 5.73 Å². The highest BCUT2D eigenvalue weighted by molar-refractivity contribution is 6.32. The molecule has 4 heteroatoms. The summed E-state index contributed by atoms with van der Waals surface area (Å²) < 4.78 is 1.91. The lowest BCUT2D eigenvalue weighted by atomic mass is 10.2. The Morgan fingerprint density at radius 3 is 3.00 bits per heavy atom. The second-order valence-electron chi connectivity index (χ2n) is 4.05. The predicted molar refractivity (Wildman–Crippen MR) is 63.8 cm³/mol. The summed E-state index contributed by atoms with van der Waals surface area (Å²) >= 11 is 6.16. The molecular formula is C12H12ClN3. The molecule has 16 heavy (non-hydrogen) atoms. The van der Waals surface area contributed by atoms with E-state index in [0.29, 0.717) is 5.02 Å². The number of nitrogens with zero attached hydrogens (tertiary/aromatic N) is 2. The number of para-hydroxylation sites is 1. The van der Waals surface area contributed by atoms with Crippen LogP contribution < -0.4 is 5.73 Å². The van der Waals surface area contributed by atoms with Crippen molar-refractivity contribution in [3.8, 4) is 5.69 Å². The van der Waals surface area contributed by atoms with Crippen LogP contribution >= 0.6 is 11.6 Å². The number of aromatic nitrogens is 2. The molecule has 1 unspecified atom stereocenters. The third-order valence-corrected chi connectivity index (χ3v) is 3.39. The number of rotatable bonds is 1. The molecule has 0 aliphatic heterocycles. The van der Waals surface area contributed by atoms with Gasteiger partial charge in [-0.1, -0.05) is 23.7 Å². The SMILES string of the molecule is NC1CCc2c1cnn2-c1ccccc1Cl. The van der Waals surface area contributed by atoms with Gasteiger partial charge in [0.15, 0.2) is 0 Å². The summed E-state index contributed by atoms with van der Waals surface area (Å²) in [4.78, 5) is 0. The topological polar surface area (TPSA) is 43.8 Å². The molecule has 1 heterocycles. The normalized spacial score (nSPS) is 18.8. The number of hydrogen-bond donors (Lipinski definition) is 1. The van der Waals surface area contributed by atoms with Crippen LogP contribution in [0.15, 0.2) is 30.5 Å². The highest BCUT2D eigenvalue weighted by Gasteiger charge is 2.24. The van der Waals surface area contributed by atoms with Crippen molar-refractivity contribution < 1.29 is 0 Å². The average Bonchev–Trinajstić information content (AvgIpc) is 2.83. The van der Waals surface area contributed by atoms with Crippen LogP contribution in [0.25, 0.3) is 5.69 Å². The zero-order chi connectivity index (χ0) is 11.1. The summed E-state index contributed by atoms with van der Waals surface area (Å²) in [6.07, 6.45) is 3.83. The maximum Gasteiger partial charge on any atom is 0.0835 e. The van der Waals surface area contributed by atoms with Gasteiger partial charge in [0.2, 0.25) is 0 Å². The van der Waals surface area contributed by atoms with Gasteiger partial charge in [-0.2, -0.15) is 5.10 Å². The molecule has 0 bridgehead atoms. The minimum absolute atomic E-state index is 0.131. The van der Waals surface area contributed by atoms with Crippen LogP contribution in [0.1, 0.15) is 23.7 Å². The van der Waals surface area contributed by atoms with Crippen molar-refractivity contribution in [2.75, 3.05) is 0 Å². The summed E-state index contributed by atoms with van der Waals surface area (Å²) in [6, 6.07) is 7.86. The molecule has 1 atom stereocenters. The van der Waals surface area contributed by atoms with Gasteiger partial charge in [0, 0.05) is 17.3 Å². The Kier molecular flexibility index (Phi) is 2.23. The Bertz CT molecular complexity index is 533. The highest BCUT2D eigenvalue weighted by Crippen LogP contribution is 2.32. The molecule has 0 radical (unpaired) electrons. The van der Waals surface area contributed by atoms with Crippen molar-refractivity contribution in [1.82, 2.24) is 9.78 Å². The van der Waals surface area contributed by atoms with Gasteiger partial charge in [0.1, 0.15) is 0 Å². The van der Waals surface area contributed by atoms with E-state index in [1.165, 1.54) is 5.69 Å². The van der Waals surface area contributed by atoms with Crippen molar-refractivity contribution >= 4 is 11.6 Å². The molecule has 1 aromatic heterocycles. The van der Waals surface area contributed by atoms with Crippen LogP contribution in [0.2, 0.25) is 5.02 Å². The van der Waals surface area contributed by atoms with Crippen molar-refractivity contribution in [3.63, 3.8) is 0 Å². The molecule has 0 amide bonds. The number of fused-ring (bicyclic) bond motifs is 1. The Hall–Kier alpha value is -1.32. The fourth-order valence-electron chi connectivity index (χ4n) is 2.23. The summed E-state index contributed by atoms with van der Waals surface area (Å²) in [6.45, 7) is 0. The number of halogens is 1. The molecular weight excluding hydrogens is 222 g/mol. The number of hydrogen-bond acceptors (Lipinski definition) is 2. The zero-order valence-electron chi connectivity index (χ0n) is 8.73. The zero-order valence-corrected chi connectivity index (χ0v) is 9.48. The van der Waals surface area contributed by atoms with E-state index in [2.05, 4.69) is 5.10 Å². The molecule has 0 saturated carbocycles. The molecule has 1 aliphatic rings. The van der Waals surface area contributed by atoms with Crippen LogP contribution in [0, 0.1) is 0 Å². The summed E-state index contributed by atoms with van der Waals surface area (Å²) in [7, 11) is 0. The fourth-order valence-corrected chi connectivity index (χ4v) is 2.44. The maximum absolute atomic E-state index is 6.16. The molecule has 2 aromatic rings. The number of nitrogens with two attached hydrogens (primary N) is 1. The van der Waals surface area contributed by atoms with Gasteiger partial charge in [0.25, 0.3) is 0 Å². The Morgan fingerprint density at radius 1 is 1.38 bits per heavy atom. The monoisotopic (exact) mass is 233 g/mol. The third kappa shape index (κ3) is 1.36. The first kappa shape index (κ1) is 9.87. The van der Waals surface area contributed by atoms with Crippen LogP contribution in [0.5, 0.6) is 0 Å². The average molecular weight is 234 g/mol. The predicted octanol–water partition coefficient (Wildman–Crippen LogP) is 2.47. The lowest BCUT2D eigenvalue weighted by molar-refractivity contribution is 0.692. The van der Waals surface area contributed by atoms with E-state index in [4.69, 9.17) is 17.3 Å². The minimum Gasteiger partial charge on any atom is -0.324 e. The van der Waals surface area contributed by atoms with E-state index < -0.39 is 0 Å². The van der Waals surface area contributed by atoms with E-state index in [1.54, 1.807) is 0 Å². The van der Waals surface area contributed by atoms with Crippen LogP contribution in [0.4, 0.5) is 0 Å². The van der Waals surface area contributed by atoms with E-state index in [0.717, 1.165) is 24.1 Å². The molecule has 3 rings (SSSR count). The van der Waals surface area contributed by atoms with Gasteiger partial charge in [-0.05, 0) is 25.0 Å². The van der Waals surface area contributed by atoms with Gasteiger partial charge in [0.05, 0.1) is 16.9 Å². The Balaban J connectivity index is 2.16. The summed E-state index contributed by atoms with van der Waals surface area (Å²) in [5.74, 6) is 0. The fraction of sp³-hybridized carbons (Fsp3) is 0.250. The molecule has 2 N–H and O–H groups in total. The van der Waals surface area contributed by atoms with Gasteiger partial charge in [-0.3, -0.25) is 0 Å². The lowest BCUT2D eigenvalue weighted by Gasteiger charge is -2.06. The third-order valence-electron chi connectivity index (χ3n) is 3.07. The molecule has 1 aliphatic carbocycles. The molecule has 0 fully saturated rings. The first-order chi connectivity index (χ1) is 7.77. The van der Waals surface area contributed by atoms with E-state index in [9.17, 15) is 0 Å². The standard InChI is InChI=1S/C12H12ClN3/c13-9-3-1-2-4-12(9)16-11-6-5-10(14)8(11)7-15-16/h1-4,7,10H,5-6,14H2. The van der Waals surface area contributed by atoms with Crippen LogP contribution in [-0.4, -0.2) is 9.78 Å². The van der Waals surface area contributed by atoms with Crippen molar-refractivity contribution in [3.05, 3.63) is 46.7 Å². The molecule has 0 spiro atoms. The number of benzene rings is 1. The first-order valence-corrected chi connectivity index (χ1v) is 5.72. The largest absolute Gasteiger partial charge is 0.324 e. The maximum atomic E-state index is 6.16. The van der Waals surface area contributed by atoms with Gasteiger partial charge in [-0.15, -0.1) is 0 Å². The minimum atomic E-state index is 0.131. The van der Waals surface area contributed by atoms with Crippen LogP contribution in [-0.2, 0) is 6.42 Å². The second-order valence-corrected chi connectivity index (χ2v) is 4.46. The summed E-state index contributed by atoms with van der Waals surface area (Å²) in [5.41, 5.74) is 9.27. The van der Waals surface area contributed by atoms with E-state index >= 15 is 0 Å². The first-order valence-electron chi connectivity index (χ1n) is 5.34. The summed E-state index contributed by atoms with van der Waals surface area (Å²) in [5, 5.41) is 5.09. The second kappa shape index (κ2) is 3.61. The quantitative estimate of drug-likeness (QED) is 0.823. The van der Waals surface area contributed by atoms with Crippen LogP contribution in [0.3, 0.4) is 0 Å². The van der Waals surface area contributed by atoms with Gasteiger partial charge < -0.3 is 5.73 Å². The molecule has 0 saturated heterocycles.